The van der Waals surface area contributed by atoms with Crippen molar-refractivity contribution in [3.63, 3.8) is 0 Å². The normalized spacial score (nSPS) is 12.3. The van der Waals surface area contributed by atoms with E-state index in [-0.39, 0.29) is 5.75 Å². The number of aromatic nitrogens is 2. The number of nitrogens with zero attached hydrogens (tertiary/aromatic N) is 2. The van der Waals surface area contributed by atoms with Gasteiger partial charge in [0.2, 0.25) is 0 Å². The van der Waals surface area contributed by atoms with Crippen molar-refractivity contribution in [1.82, 2.24) is 9.55 Å². The average molecular weight is 230 g/mol. The Morgan fingerprint density at radius 3 is 2.67 bits per heavy atom. The fraction of sp³-hybridized carbons (Fsp3) is 0.700. The van der Waals surface area contributed by atoms with E-state index in [1.54, 1.807) is 6.20 Å². The lowest BCUT2D eigenvalue weighted by atomic mass is 10.2. The van der Waals surface area contributed by atoms with Crippen molar-refractivity contribution < 1.29 is 8.42 Å². The van der Waals surface area contributed by atoms with E-state index >= 15 is 0 Å². The monoisotopic (exact) mass is 230 g/mol. The molecule has 0 aliphatic rings. The van der Waals surface area contributed by atoms with E-state index in [2.05, 4.69) is 18.8 Å². The first kappa shape index (κ1) is 12.2. The van der Waals surface area contributed by atoms with Crippen molar-refractivity contribution >= 4 is 9.84 Å². The summed E-state index contributed by atoms with van der Waals surface area (Å²) in [5.41, 5.74) is 0. The zero-order chi connectivity index (χ0) is 11.5. The molecule has 1 aromatic heterocycles. The lowest BCUT2D eigenvalue weighted by Crippen LogP contribution is -2.09. The molecule has 0 aromatic carbocycles. The summed E-state index contributed by atoms with van der Waals surface area (Å²) in [4.78, 5) is 4.24. The van der Waals surface area contributed by atoms with Crippen LogP contribution in [0, 0.1) is 0 Å². The van der Waals surface area contributed by atoms with Gasteiger partial charge >= 0.3 is 0 Å². The molecule has 0 radical (unpaired) electrons. The third-order valence-electron chi connectivity index (χ3n) is 2.18. The molecule has 0 N–H and O–H groups in total. The van der Waals surface area contributed by atoms with E-state index in [0.717, 1.165) is 12.4 Å². The maximum absolute atomic E-state index is 11.0. The summed E-state index contributed by atoms with van der Waals surface area (Å²) >= 11 is 0. The van der Waals surface area contributed by atoms with Crippen LogP contribution in [0.1, 0.15) is 32.0 Å². The van der Waals surface area contributed by atoms with Gasteiger partial charge < -0.3 is 4.57 Å². The second-order valence-corrected chi connectivity index (χ2v) is 6.38. The molecule has 0 atom stereocenters. The highest BCUT2D eigenvalue weighted by molar-refractivity contribution is 7.90. The molecule has 0 saturated heterocycles. The summed E-state index contributed by atoms with van der Waals surface area (Å²) in [5.74, 6) is 1.63. The van der Waals surface area contributed by atoms with Gasteiger partial charge in [-0.25, -0.2) is 13.4 Å². The van der Waals surface area contributed by atoms with Crippen LogP contribution in [-0.2, 0) is 16.4 Å². The lowest BCUT2D eigenvalue weighted by molar-refractivity contribution is 0.581. The maximum Gasteiger partial charge on any atom is 0.147 e. The van der Waals surface area contributed by atoms with E-state index in [4.69, 9.17) is 0 Å². The summed E-state index contributed by atoms with van der Waals surface area (Å²) in [7, 11) is -2.84. The predicted molar refractivity (Wildman–Crippen MR) is 60.6 cm³/mol. The first-order valence-corrected chi connectivity index (χ1v) is 7.15. The van der Waals surface area contributed by atoms with Gasteiger partial charge in [-0.05, 0) is 6.42 Å². The van der Waals surface area contributed by atoms with Crippen LogP contribution < -0.4 is 0 Å². The van der Waals surface area contributed by atoms with E-state index < -0.39 is 9.84 Å². The Kier molecular flexibility index (Phi) is 3.90. The van der Waals surface area contributed by atoms with Crippen LogP contribution in [0.2, 0.25) is 0 Å². The smallest absolute Gasteiger partial charge is 0.147 e. The van der Waals surface area contributed by atoms with E-state index in [9.17, 15) is 8.42 Å². The van der Waals surface area contributed by atoms with Crippen LogP contribution in [-0.4, -0.2) is 30.0 Å². The molecule has 0 unspecified atom stereocenters. The molecular formula is C10H18N2O2S. The van der Waals surface area contributed by atoms with Crippen molar-refractivity contribution in [1.29, 1.82) is 0 Å². The molecule has 0 bridgehead atoms. The fourth-order valence-corrected chi connectivity index (χ4v) is 2.16. The maximum atomic E-state index is 11.0. The quantitative estimate of drug-likeness (QED) is 0.769. The molecule has 0 saturated carbocycles. The molecule has 0 aliphatic carbocycles. The minimum atomic E-state index is -2.84. The van der Waals surface area contributed by atoms with Crippen molar-refractivity contribution in [3.05, 3.63) is 18.2 Å². The molecule has 5 heteroatoms. The Morgan fingerprint density at radius 2 is 2.13 bits per heavy atom. The van der Waals surface area contributed by atoms with Crippen molar-refractivity contribution in [3.8, 4) is 0 Å². The van der Waals surface area contributed by atoms with Gasteiger partial charge in [0.1, 0.15) is 15.7 Å². The molecule has 0 amide bonds. The zero-order valence-corrected chi connectivity index (χ0v) is 10.3. The zero-order valence-electron chi connectivity index (χ0n) is 9.47. The molecule has 15 heavy (non-hydrogen) atoms. The molecule has 86 valence electrons. The number of rotatable bonds is 5. The van der Waals surface area contributed by atoms with Gasteiger partial charge in [0.15, 0.2) is 0 Å². The Bertz CT molecular complexity index is 407. The van der Waals surface area contributed by atoms with Crippen LogP contribution in [0.25, 0.3) is 0 Å². The third kappa shape index (κ3) is 4.03. The number of imidazole rings is 1. The van der Waals surface area contributed by atoms with Crippen molar-refractivity contribution in [2.24, 2.45) is 0 Å². The minimum absolute atomic E-state index is 0.239. The molecule has 0 aliphatic heterocycles. The van der Waals surface area contributed by atoms with Gasteiger partial charge in [0.25, 0.3) is 0 Å². The topological polar surface area (TPSA) is 52.0 Å². The highest BCUT2D eigenvalue weighted by Crippen LogP contribution is 2.12. The van der Waals surface area contributed by atoms with E-state index in [1.165, 1.54) is 6.26 Å². The molecule has 4 nitrogen and oxygen atoms in total. The van der Waals surface area contributed by atoms with Crippen molar-refractivity contribution in [2.75, 3.05) is 12.0 Å². The molecule has 0 spiro atoms. The Labute approximate surface area is 91.3 Å². The highest BCUT2D eigenvalue weighted by atomic mass is 32.2. The summed E-state index contributed by atoms with van der Waals surface area (Å²) in [5, 5.41) is 0. The van der Waals surface area contributed by atoms with Crippen molar-refractivity contribution in [2.45, 2.75) is 32.7 Å². The van der Waals surface area contributed by atoms with Crippen LogP contribution in [0.3, 0.4) is 0 Å². The van der Waals surface area contributed by atoms with Gasteiger partial charge in [0.05, 0.1) is 5.75 Å². The number of sulfone groups is 1. The second-order valence-electron chi connectivity index (χ2n) is 4.12. The summed E-state index contributed by atoms with van der Waals surface area (Å²) in [6, 6.07) is 0. The second kappa shape index (κ2) is 4.79. The standard InChI is InChI=1S/C10H18N2O2S/c1-9(2)10-11-5-7-12(10)6-4-8-15(3,13)14/h5,7,9H,4,6,8H2,1-3H3. The van der Waals surface area contributed by atoms with Gasteiger partial charge in [-0.3, -0.25) is 0 Å². The minimum Gasteiger partial charge on any atom is -0.335 e. The molecule has 1 aromatic rings. The van der Waals surface area contributed by atoms with Crippen LogP contribution in [0.5, 0.6) is 0 Å². The number of aryl methyl sites for hydroxylation is 1. The van der Waals surface area contributed by atoms with E-state index in [0.29, 0.717) is 12.3 Å². The Hall–Kier alpha value is -0.840. The SMILES string of the molecule is CC(C)c1nccn1CCCS(C)(=O)=O. The van der Waals surface area contributed by atoms with Crippen LogP contribution >= 0.6 is 0 Å². The fourth-order valence-electron chi connectivity index (χ4n) is 1.51. The third-order valence-corrected chi connectivity index (χ3v) is 3.21. The number of hydrogen-bond acceptors (Lipinski definition) is 3. The highest BCUT2D eigenvalue weighted by Gasteiger charge is 2.07. The van der Waals surface area contributed by atoms with Gasteiger partial charge in [-0.1, -0.05) is 13.8 Å². The largest absolute Gasteiger partial charge is 0.335 e. The van der Waals surface area contributed by atoms with Gasteiger partial charge in [0, 0.05) is 31.1 Å². The van der Waals surface area contributed by atoms with Crippen LogP contribution in [0.15, 0.2) is 12.4 Å². The first-order chi connectivity index (χ1) is 6.90. The molecule has 1 rings (SSSR count). The Morgan fingerprint density at radius 1 is 1.47 bits per heavy atom. The first-order valence-electron chi connectivity index (χ1n) is 5.09. The molecule has 0 fully saturated rings. The summed E-state index contributed by atoms with van der Waals surface area (Å²) < 4.78 is 23.9. The predicted octanol–water partition coefficient (Wildman–Crippen LogP) is 1.44. The van der Waals surface area contributed by atoms with Gasteiger partial charge in [-0.2, -0.15) is 0 Å². The summed E-state index contributed by atoms with van der Waals surface area (Å²) in [6.45, 7) is 4.88. The summed E-state index contributed by atoms with van der Waals surface area (Å²) in [6.07, 6.45) is 5.58. The van der Waals surface area contributed by atoms with E-state index in [1.807, 2.05) is 10.8 Å². The molecule has 1 heterocycles. The Balaban J connectivity index is 2.54. The lowest BCUT2D eigenvalue weighted by Gasteiger charge is -2.09. The number of hydrogen-bond donors (Lipinski definition) is 0. The van der Waals surface area contributed by atoms with Crippen LogP contribution in [0.4, 0.5) is 0 Å². The average Bonchev–Trinajstić information content (AvgIpc) is 2.49. The molecular weight excluding hydrogens is 212 g/mol. The van der Waals surface area contributed by atoms with Gasteiger partial charge in [-0.15, -0.1) is 0 Å².